The topological polar surface area (TPSA) is 29.5 Å². The molecule has 0 bridgehead atoms. The van der Waals surface area contributed by atoms with Crippen molar-refractivity contribution in [3.63, 3.8) is 0 Å². The fourth-order valence-corrected chi connectivity index (χ4v) is 4.71. The van der Waals surface area contributed by atoms with Crippen molar-refractivity contribution in [2.45, 2.75) is 20.0 Å². The molecule has 1 saturated heterocycles. The largest absolute Gasteiger partial charge is 0.489 e. The Morgan fingerprint density at radius 3 is 2.61 bits per heavy atom. The number of ether oxygens (including phenoxy) is 1. The standard InChI is InChI=1S/C25H20ClNO2S2/c1-2-19-7-3-4-9-22(19)27-24(28)23(31-25(27)30)15-18-6-5-8-21(14-18)29-16-17-10-12-20(26)13-11-17/h3-15H,2,16H2,1H3. The van der Waals surface area contributed by atoms with Gasteiger partial charge in [0.15, 0.2) is 4.32 Å². The fourth-order valence-electron chi connectivity index (χ4n) is 3.30. The molecule has 0 spiro atoms. The lowest BCUT2D eigenvalue weighted by molar-refractivity contribution is -0.113. The van der Waals surface area contributed by atoms with Crippen LogP contribution in [0, 0.1) is 0 Å². The van der Waals surface area contributed by atoms with Crippen LogP contribution in [0.4, 0.5) is 5.69 Å². The molecule has 0 aromatic heterocycles. The van der Waals surface area contributed by atoms with E-state index < -0.39 is 0 Å². The van der Waals surface area contributed by atoms with E-state index in [4.69, 9.17) is 28.6 Å². The number of halogens is 1. The Bertz CT molecular complexity index is 1160. The summed E-state index contributed by atoms with van der Waals surface area (Å²) in [6.45, 7) is 2.51. The zero-order chi connectivity index (χ0) is 21.8. The average molecular weight is 466 g/mol. The van der Waals surface area contributed by atoms with E-state index in [1.165, 1.54) is 11.8 Å². The highest BCUT2D eigenvalue weighted by molar-refractivity contribution is 8.27. The number of carbonyl (C=O) groups excluding carboxylic acids is 1. The van der Waals surface area contributed by atoms with Crippen molar-refractivity contribution in [2.75, 3.05) is 4.90 Å². The summed E-state index contributed by atoms with van der Waals surface area (Å²) in [4.78, 5) is 15.4. The quantitative estimate of drug-likeness (QED) is 0.293. The highest BCUT2D eigenvalue weighted by Gasteiger charge is 2.34. The second kappa shape index (κ2) is 9.69. The molecule has 1 amide bonds. The molecule has 1 fully saturated rings. The molecule has 0 aliphatic carbocycles. The summed E-state index contributed by atoms with van der Waals surface area (Å²) in [6.07, 6.45) is 2.70. The minimum atomic E-state index is -0.0941. The third-order valence-electron chi connectivity index (χ3n) is 4.88. The van der Waals surface area contributed by atoms with Crippen molar-refractivity contribution in [1.29, 1.82) is 0 Å². The van der Waals surface area contributed by atoms with Gasteiger partial charge in [0.2, 0.25) is 0 Å². The van der Waals surface area contributed by atoms with Gasteiger partial charge in [0, 0.05) is 5.02 Å². The number of nitrogens with zero attached hydrogens (tertiary/aromatic N) is 1. The first-order chi connectivity index (χ1) is 15.0. The molecule has 4 rings (SSSR count). The number of rotatable bonds is 6. The normalized spacial score (nSPS) is 15.0. The van der Waals surface area contributed by atoms with Crippen molar-refractivity contribution in [2.24, 2.45) is 0 Å². The zero-order valence-electron chi connectivity index (χ0n) is 16.9. The van der Waals surface area contributed by atoms with Gasteiger partial charge in [-0.15, -0.1) is 0 Å². The average Bonchev–Trinajstić information content (AvgIpc) is 3.06. The van der Waals surface area contributed by atoms with Gasteiger partial charge >= 0.3 is 0 Å². The number of anilines is 1. The summed E-state index contributed by atoms with van der Waals surface area (Å²) in [7, 11) is 0. The second-order valence-corrected chi connectivity index (χ2v) is 9.10. The SMILES string of the molecule is CCc1ccccc1N1C(=O)C(=Cc2cccc(OCc3ccc(Cl)cc3)c2)SC1=S. The van der Waals surface area contributed by atoms with Crippen LogP contribution in [0.1, 0.15) is 23.6 Å². The predicted molar refractivity (Wildman–Crippen MR) is 134 cm³/mol. The highest BCUT2D eigenvalue weighted by atomic mass is 35.5. The minimum Gasteiger partial charge on any atom is -0.489 e. The number of aryl methyl sites for hydroxylation is 1. The lowest BCUT2D eigenvalue weighted by Gasteiger charge is -2.18. The van der Waals surface area contributed by atoms with E-state index in [0.717, 1.165) is 34.5 Å². The van der Waals surface area contributed by atoms with Crippen LogP contribution in [-0.2, 0) is 17.8 Å². The molecule has 0 saturated carbocycles. The molecule has 1 heterocycles. The molecule has 0 atom stereocenters. The van der Waals surface area contributed by atoms with Gasteiger partial charge in [0.25, 0.3) is 5.91 Å². The molecule has 1 aliphatic heterocycles. The van der Waals surface area contributed by atoms with E-state index in [-0.39, 0.29) is 5.91 Å². The van der Waals surface area contributed by atoms with Gasteiger partial charge in [-0.25, -0.2) is 0 Å². The molecular weight excluding hydrogens is 446 g/mol. The smallest absolute Gasteiger partial charge is 0.270 e. The summed E-state index contributed by atoms with van der Waals surface area (Å²) < 4.78 is 6.45. The number of amides is 1. The first kappa shape index (κ1) is 21.6. The van der Waals surface area contributed by atoms with Crippen LogP contribution in [0.15, 0.2) is 77.7 Å². The second-order valence-electron chi connectivity index (χ2n) is 6.99. The Balaban J connectivity index is 1.52. The Morgan fingerprint density at radius 1 is 1.06 bits per heavy atom. The molecule has 0 unspecified atom stereocenters. The van der Waals surface area contributed by atoms with E-state index in [9.17, 15) is 4.79 Å². The molecule has 1 aliphatic rings. The van der Waals surface area contributed by atoms with E-state index in [1.54, 1.807) is 4.90 Å². The Kier molecular flexibility index (Phi) is 6.76. The number of benzene rings is 3. The molecular formula is C25H20ClNO2S2. The van der Waals surface area contributed by atoms with Crippen LogP contribution < -0.4 is 9.64 Å². The maximum absolute atomic E-state index is 13.1. The van der Waals surface area contributed by atoms with Crippen molar-refractivity contribution in [1.82, 2.24) is 0 Å². The molecule has 31 heavy (non-hydrogen) atoms. The number of para-hydroxylation sites is 1. The first-order valence-electron chi connectivity index (χ1n) is 9.88. The fraction of sp³-hybridized carbons (Fsp3) is 0.120. The van der Waals surface area contributed by atoms with Crippen molar-refractivity contribution < 1.29 is 9.53 Å². The monoisotopic (exact) mass is 465 g/mol. The number of carbonyl (C=O) groups is 1. The predicted octanol–water partition coefficient (Wildman–Crippen LogP) is 6.89. The maximum Gasteiger partial charge on any atom is 0.270 e. The van der Waals surface area contributed by atoms with Gasteiger partial charge in [-0.1, -0.05) is 85.0 Å². The van der Waals surface area contributed by atoms with E-state index in [1.807, 2.05) is 78.9 Å². The van der Waals surface area contributed by atoms with Gasteiger partial charge < -0.3 is 4.74 Å². The van der Waals surface area contributed by atoms with Crippen LogP contribution in [0.25, 0.3) is 6.08 Å². The zero-order valence-corrected chi connectivity index (χ0v) is 19.3. The molecule has 3 aromatic rings. The molecule has 0 radical (unpaired) electrons. The number of hydrogen-bond acceptors (Lipinski definition) is 4. The number of thioether (sulfide) groups is 1. The lowest BCUT2D eigenvalue weighted by Crippen LogP contribution is -2.28. The summed E-state index contributed by atoms with van der Waals surface area (Å²) in [5.74, 6) is 0.638. The Morgan fingerprint density at radius 2 is 1.84 bits per heavy atom. The number of thiocarbonyl (C=S) groups is 1. The maximum atomic E-state index is 13.1. The third-order valence-corrected chi connectivity index (χ3v) is 6.44. The van der Waals surface area contributed by atoms with E-state index in [2.05, 4.69) is 6.92 Å². The van der Waals surface area contributed by atoms with Crippen molar-refractivity contribution >= 4 is 57.6 Å². The molecule has 0 N–H and O–H groups in total. The van der Waals surface area contributed by atoms with Gasteiger partial charge in [-0.2, -0.15) is 0 Å². The van der Waals surface area contributed by atoms with Crippen LogP contribution >= 0.6 is 35.6 Å². The summed E-state index contributed by atoms with van der Waals surface area (Å²) in [5, 5.41) is 0.699. The van der Waals surface area contributed by atoms with Crippen molar-refractivity contribution in [3.8, 4) is 5.75 Å². The highest BCUT2D eigenvalue weighted by Crippen LogP contribution is 2.37. The van der Waals surface area contributed by atoms with Gasteiger partial charge in [0.1, 0.15) is 12.4 Å². The third kappa shape index (κ3) is 5.01. The number of hydrogen-bond donors (Lipinski definition) is 0. The van der Waals surface area contributed by atoms with Gasteiger partial charge in [0.05, 0.1) is 10.6 Å². The lowest BCUT2D eigenvalue weighted by atomic mass is 10.1. The van der Waals surface area contributed by atoms with Crippen LogP contribution in [0.2, 0.25) is 5.02 Å². The summed E-state index contributed by atoms with van der Waals surface area (Å²) in [5.41, 5.74) is 3.87. The van der Waals surface area contributed by atoms with Crippen LogP contribution in [0.5, 0.6) is 5.75 Å². The molecule has 156 valence electrons. The first-order valence-corrected chi connectivity index (χ1v) is 11.5. The van der Waals surface area contributed by atoms with Gasteiger partial charge in [-0.3, -0.25) is 9.69 Å². The van der Waals surface area contributed by atoms with E-state index >= 15 is 0 Å². The van der Waals surface area contributed by atoms with Crippen LogP contribution in [-0.4, -0.2) is 10.2 Å². The van der Waals surface area contributed by atoms with Gasteiger partial charge in [-0.05, 0) is 59.5 Å². The van der Waals surface area contributed by atoms with E-state index in [0.29, 0.717) is 20.9 Å². The Labute approximate surface area is 196 Å². The van der Waals surface area contributed by atoms with Crippen LogP contribution in [0.3, 0.4) is 0 Å². The Hall–Kier alpha value is -2.60. The molecule has 3 aromatic carbocycles. The van der Waals surface area contributed by atoms with Crippen molar-refractivity contribution in [3.05, 3.63) is 99.4 Å². The summed E-state index contributed by atoms with van der Waals surface area (Å²) >= 11 is 12.8. The summed E-state index contributed by atoms with van der Waals surface area (Å²) in [6, 6.07) is 23.1. The molecule has 3 nitrogen and oxygen atoms in total. The molecule has 6 heteroatoms. The minimum absolute atomic E-state index is 0.0941.